The molecule has 1 rings (SSSR count). The molecule has 0 radical (unpaired) electrons. The maximum absolute atomic E-state index is 12.2. The molecule has 0 saturated carbocycles. The molecule has 0 aliphatic carbocycles. The quantitative estimate of drug-likeness (QED) is 0.339. The summed E-state index contributed by atoms with van der Waals surface area (Å²) < 4.78 is 12.2. The molecule has 4 nitrogen and oxygen atoms in total. The Morgan fingerprint density at radius 2 is 1.76 bits per heavy atom. The molecule has 0 amide bonds. The molecule has 1 aromatic carbocycles. The molecule has 0 saturated heterocycles. The minimum absolute atomic E-state index is 0.0866. The molecular formula is C11H16NO3PS. The van der Waals surface area contributed by atoms with Crippen LogP contribution in [-0.2, 0) is 4.57 Å². The van der Waals surface area contributed by atoms with E-state index in [-0.39, 0.29) is 5.69 Å². The molecule has 0 aliphatic rings. The highest BCUT2D eigenvalue weighted by Crippen LogP contribution is 2.49. The molecule has 0 unspecified atom stereocenters. The van der Waals surface area contributed by atoms with Crippen molar-refractivity contribution in [2.24, 2.45) is 0 Å². The van der Waals surface area contributed by atoms with Gasteiger partial charge in [0.05, 0.1) is 17.6 Å². The number of benzene rings is 1. The normalized spacial score (nSPS) is 11.4. The lowest BCUT2D eigenvalue weighted by Gasteiger charge is -2.13. The zero-order valence-corrected chi connectivity index (χ0v) is 11.7. The molecular weight excluding hydrogens is 257 g/mol. The second-order valence-electron chi connectivity index (χ2n) is 3.72. The first kappa shape index (κ1) is 14.3. The first-order valence-corrected chi connectivity index (χ1v) is 8.70. The van der Waals surface area contributed by atoms with Gasteiger partial charge in [-0.25, -0.2) is 0 Å². The van der Waals surface area contributed by atoms with Gasteiger partial charge in [0.1, 0.15) is 0 Å². The van der Waals surface area contributed by atoms with Gasteiger partial charge in [-0.3, -0.25) is 10.1 Å². The van der Waals surface area contributed by atoms with Crippen molar-refractivity contribution in [3.8, 4) is 0 Å². The second kappa shape index (κ2) is 6.22. The van der Waals surface area contributed by atoms with Gasteiger partial charge in [-0.2, -0.15) is 0 Å². The van der Waals surface area contributed by atoms with E-state index in [0.29, 0.717) is 17.8 Å². The Morgan fingerprint density at radius 3 is 2.18 bits per heavy atom. The second-order valence-corrected chi connectivity index (χ2v) is 8.89. The fraction of sp³-hybridized carbons (Fsp3) is 0.455. The van der Waals surface area contributed by atoms with Crippen LogP contribution < -0.4 is 0 Å². The first-order valence-electron chi connectivity index (χ1n) is 5.45. The standard InChI is InChI=1S/C11H16NO3PS/c1-3-16(15,4-2)9-17-11-7-5-10(6-8-11)12(13)14/h5-8H,3-4,9H2,1-2H3. The van der Waals surface area contributed by atoms with E-state index >= 15 is 0 Å². The van der Waals surface area contributed by atoms with Gasteiger partial charge >= 0.3 is 0 Å². The van der Waals surface area contributed by atoms with Crippen LogP contribution >= 0.6 is 18.9 Å². The van der Waals surface area contributed by atoms with E-state index in [1.807, 2.05) is 13.8 Å². The van der Waals surface area contributed by atoms with Crippen LogP contribution in [0.5, 0.6) is 0 Å². The van der Waals surface area contributed by atoms with Crippen LogP contribution in [0.2, 0.25) is 0 Å². The largest absolute Gasteiger partial charge is 0.323 e. The zero-order chi connectivity index (χ0) is 12.9. The van der Waals surface area contributed by atoms with Crippen molar-refractivity contribution in [2.75, 3.05) is 17.8 Å². The number of thioether (sulfide) groups is 1. The zero-order valence-electron chi connectivity index (χ0n) is 9.96. The molecule has 0 aliphatic heterocycles. The van der Waals surface area contributed by atoms with E-state index in [0.717, 1.165) is 4.90 Å². The van der Waals surface area contributed by atoms with Crippen molar-refractivity contribution >= 4 is 24.6 Å². The van der Waals surface area contributed by atoms with Crippen LogP contribution in [0, 0.1) is 10.1 Å². The van der Waals surface area contributed by atoms with Gasteiger partial charge < -0.3 is 4.57 Å². The highest BCUT2D eigenvalue weighted by Gasteiger charge is 2.17. The minimum atomic E-state index is -2.05. The van der Waals surface area contributed by atoms with Gasteiger partial charge in [-0.05, 0) is 24.5 Å². The Bertz CT molecular complexity index is 425. The van der Waals surface area contributed by atoms with Gasteiger partial charge in [-0.1, -0.05) is 13.8 Å². The third-order valence-corrected chi connectivity index (χ3v) is 7.98. The molecule has 1 aromatic rings. The molecule has 94 valence electrons. The maximum Gasteiger partial charge on any atom is 0.269 e. The van der Waals surface area contributed by atoms with Crippen LogP contribution in [-0.4, -0.2) is 22.7 Å². The smallest absolute Gasteiger partial charge is 0.269 e. The summed E-state index contributed by atoms with van der Waals surface area (Å²) in [4.78, 5) is 11.0. The van der Waals surface area contributed by atoms with E-state index in [4.69, 9.17) is 0 Å². The SMILES string of the molecule is CCP(=O)(CC)CSc1ccc([N+](=O)[O-])cc1. The van der Waals surface area contributed by atoms with Crippen LogP contribution in [0.25, 0.3) is 0 Å². The van der Waals surface area contributed by atoms with Crippen molar-refractivity contribution in [1.82, 2.24) is 0 Å². The van der Waals surface area contributed by atoms with Gasteiger partial charge in [0.2, 0.25) is 0 Å². The topological polar surface area (TPSA) is 60.2 Å². The van der Waals surface area contributed by atoms with E-state index < -0.39 is 12.1 Å². The van der Waals surface area contributed by atoms with Crippen LogP contribution in [0.3, 0.4) is 0 Å². The van der Waals surface area contributed by atoms with Crippen molar-refractivity contribution in [1.29, 1.82) is 0 Å². The number of hydrogen-bond donors (Lipinski definition) is 0. The fourth-order valence-corrected chi connectivity index (χ4v) is 5.04. The summed E-state index contributed by atoms with van der Waals surface area (Å²) in [5.74, 6) is 0. The van der Waals surface area contributed by atoms with E-state index in [1.54, 1.807) is 12.1 Å². The Kier molecular flexibility index (Phi) is 5.22. The molecule has 0 heterocycles. The molecule has 0 fully saturated rings. The summed E-state index contributed by atoms with van der Waals surface area (Å²) in [7, 11) is -2.05. The Morgan fingerprint density at radius 1 is 1.24 bits per heavy atom. The number of rotatable bonds is 6. The first-order chi connectivity index (χ1) is 8.00. The van der Waals surface area contributed by atoms with Crippen LogP contribution in [0.4, 0.5) is 5.69 Å². The molecule has 0 bridgehead atoms. The average Bonchev–Trinajstić information content (AvgIpc) is 2.36. The van der Waals surface area contributed by atoms with Crippen molar-refractivity contribution in [3.63, 3.8) is 0 Å². The summed E-state index contributed by atoms with van der Waals surface area (Å²) in [5.41, 5.74) is 0.696. The Labute approximate surface area is 105 Å². The molecule has 0 N–H and O–H groups in total. The number of non-ortho nitro benzene ring substituents is 1. The fourth-order valence-electron chi connectivity index (χ4n) is 1.26. The lowest BCUT2D eigenvalue weighted by atomic mass is 10.3. The Hall–Kier alpha value is -0.800. The summed E-state index contributed by atoms with van der Waals surface area (Å²) in [6.07, 6.45) is 1.42. The third kappa shape index (κ3) is 4.17. The van der Waals surface area contributed by atoms with Crippen LogP contribution in [0.15, 0.2) is 29.2 Å². The van der Waals surface area contributed by atoms with Crippen molar-refractivity contribution < 1.29 is 9.49 Å². The molecule has 17 heavy (non-hydrogen) atoms. The van der Waals surface area contributed by atoms with E-state index in [9.17, 15) is 14.7 Å². The summed E-state index contributed by atoms with van der Waals surface area (Å²) in [5, 5.41) is 10.5. The number of hydrogen-bond acceptors (Lipinski definition) is 4. The Balaban J connectivity index is 2.64. The maximum atomic E-state index is 12.2. The minimum Gasteiger partial charge on any atom is -0.323 e. The molecule has 0 spiro atoms. The van der Waals surface area contributed by atoms with Gasteiger partial charge in [-0.15, -0.1) is 11.8 Å². The number of nitrogens with zero attached hydrogens (tertiary/aromatic N) is 1. The average molecular weight is 273 g/mol. The van der Waals surface area contributed by atoms with Gasteiger partial charge in [0.15, 0.2) is 0 Å². The third-order valence-electron chi connectivity index (χ3n) is 2.67. The number of nitro groups is 1. The van der Waals surface area contributed by atoms with Gasteiger partial charge in [0.25, 0.3) is 5.69 Å². The molecule has 0 aromatic heterocycles. The van der Waals surface area contributed by atoms with Crippen molar-refractivity contribution in [2.45, 2.75) is 18.7 Å². The van der Waals surface area contributed by atoms with Gasteiger partial charge in [0, 0.05) is 17.0 Å². The van der Waals surface area contributed by atoms with Crippen LogP contribution in [0.1, 0.15) is 13.8 Å². The molecule has 6 heteroatoms. The predicted octanol–water partition coefficient (Wildman–Crippen LogP) is 4.05. The van der Waals surface area contributed by atoms with E-state index in [1.165, 1.54) is 23.9 Å². The molecule has 0 atom stereocenters. The highest BCUT2D eigenvalue weighted by atomic mass is 32.2. The lowest BCUT2D eigenvalue weighted by molar-refractivity contribution is -0.384. The summed E-state index contributed by atoms with van der Waals surface area (Å²) in [6, 6.07) is 6.37. The number of nitro benzene ring substituents is 1. The highest BCUT2D eigenvalue weighted by molar-refractivity contribution is 8.05. The lowest BCUT2D eigenvalue weighted by Crippen LogP contribution is -1.92. The summed E-state index contributed by atoms with van der Waals surface area (Å²) in [6.45, 7) is 3.89. The summed E-state index contributed by atoms with van der Waals surface area (Å²) >= 11 is 1.51. The van der Waals surface area contributed by atoms with E-state index in [2.05, 4.69) is 0 Å². The predicted molar refractivity (Wildman–Crippen MR) is 72.5 cm³/mol. The van der Waals surface area contributed by atoms with Crippen molar-refractivity contribution in [3.05, 3.63) is 34.4 Å². The monoisotopic (exact) mass is 273 g/mol.